The summed E-state index contributed by atoms with van der Waals surface area (Å²) in [5.74, 6) is 0.944. The van der Waals surface area contributed by atoms with Crippen molar-refractivity contribution in [1.82, 2.24) is 5.32 Å². The van der Waals surface area contributed by atoms with Gasteiger partial charge in [0.15, 0.2) is 0 Å². The van der Waals surface area contributed by atoms with Crippen LogP contribution in [0.25, 0.3) is 0 Å². The van der Waals surface area contributed by atoms with Crippen LogP contribution in [0, 0.1) is 0 Å². The molecular weight excluding hydrogens is 266 g/mol. The van der Waals surface area contributed by atoms with Crippen LogP contribution >= 0.6 is 23.4 Å². The van der Waals surface area contributed by atoms with Gasteiger partial charge in [0, 0.05) is 34.9 Å². The molecular formula is C14H22ClNOS. The van der Waals surface area contributed by atoms with E-state index in [9.17, 15) is 0 Å². The van der Waals surface area contributed by atoms with Crippen LogP contribution in [0.5, 0.6) is 0 Å². The molecule has 0 amide bonds. The molecule has 0 unspecified atom stereocenters. The normalized spacial score (nSPS) is 11.8. The molecule has 1 rings (SSSR count). The summed E-state index contributed by atoms with van der Waals surface area (Å²) in [6, 6.07) is 6.06. The van der Waals surface area contributed by atoms with Crippen molar-refractivity contribution < 1.29 is 4.74 Å². The van der Waals surface area contributed by atoms with E-state index < -0.39 is 0 Å². The highest BCUT2D eigenvalue weighted by Gasteiger charge is 2.12. The summed E-state index contributed by atoms with van der Waals surface area (Å²) >= 11 is 8.07. The zero-order chi connectivity index (χ0) is 13.6. The fraction of sp³-hybridized carbons (Fsp3) is 0.571. The van der Waals surface area contributed by atoms with Gasteiger partial charge in [-0.1, -0.05) is 17.7 Å². The first-order valence-corrected chi connectivity index (χ1v) is 7.44. The van der Waals surface area contributed by atoms with Crippen molar-refractivity contribution in [3.05, 3.63) is 28.8 Å². The van der Waals surface area contributed by atoms with Crippen LogP contribution in [0.2, 0.25) is 5.02 Å². The Morgan fingerprint density at radius 3 is 2.67 bits per heavy atom. The first kappa shape index (κ1) is 15.8. The molecule has 1 aromatic rings. The number of rotatable bonds is 6. The Balaban J connectivity index is 2.74. The SMILES string of the molecule is COCCSc1cccc(Cl)c1CNC(C)(C)C. The molecule has 0 heterocycles. The highest BCUT2D eigenvalue weighted by atomic mass is 35.5. The van der Waals surface area contributed by atoms with E-state index >= 15 is 0 Å². The minimum atomic E-state index is 0.0909. The Bertz CT molecular complexity index is 377. The van der Waals surface area contributed by atoms with Gasteiger partial charge < -0.3 is 10.1 Å². The topological polar surface area (TPSA) is 21.3 Å². The molecule has 0 atom stereocenters. The smallest absolute Gasteiger partial charge is 0.0556 e. The van der Waals surface area contributed by atoms with E-state index in [4.69, 9.17) is 16.3 Å². The molecule has 2 nitrogen and oxygen atoms in total. The Morgan fingerprint density at radius 2 is 2.06 bits per heavy atom. The molecule has 102 valence electrons. The molecule has 0 spiro atoms. The molecule has 0 bridgehead atoms. The number of ether oxygens (including phenoxy) is 1. The largest absolute Gasteiger partial charge is 0.384 e. The molecule has 0 fully saturated rings. The maximum absolute atomic E-state index is 6.29. The monoisotopic (exact) mass is 287 g/mol. The first-order valence-electron chi connectivity index (χ1n) is 6.08. The molecule has 4 heteroatoms. The Kier molecular flexibility index (Phi) is 6.50. The maximum atomic E-state index is 6.29. The van der Waals surface area contributed by atoms with E-state index in [0.717, 1.165) is 23.9 Å². The van der Waals surface area contributed by atoms with Gasteiger partial charge in [-0.25, -0.2) is 0 Å². The molecule has 0 aliphatic heterocycles. The standard InChI is InChI=1S/C14H22ClNOS/c1-14(2,3)16-10-11-12(15)6-5-7-13(11)18-9-8-17-4/h5-7,16H,8-10H2,1-4H3. The Labute approximate surface area is 119 Å². The van der Waals surface area contributed by atoms with E-state index in [2.05, 4.69) is 32.2 Å². The van der Waals surface area contributed by atoms with Crippen LogP contribution in [0.15, 0.2) is 23.1 Å². The lowest BCUT2D eigenvalue weighted by molar-refractivity contribution is 0.218. The first-order chi connectivity index (χ1) is 8.44. The second kappa shape index (κ2) is 7.39. The van der Waals surface area contributed by atoms with E-state index in [1.165, 1.54) is 10.5 Å². The summed E-state index contributed by atoms with van der Waals surface area (Å²) in [4.78, 5) is 1.23. The highest BCUT2D eigenvalue weighted by Crippen LogP contribution is 2.28. The predicted octanol–water partition coefficient (Wildman–Crippen LogP) is 3.97. The highest BCUT2D eigenvalue weighted by molar-refractivity contribution is 7.99. The van der Waals surface area contributed by atoms with E-state index in [1.54, 1.807) is 18.9 Å². The lowest BCUT2D eigenvalue weighted by Gasteiger charge is -2.22. The molecule has 18 heavy (non-hydrogen) atoms. The zero-order valence-electron chi connectivity index (χ0n) is 11.5. The van der Waals surface area contributed by atoms with Gasteiger partial charge in [0.05, 0.1) is 6.61 Å². The Morgan fingerprint density at radius 1 is 1.33 bits per heavy atom. The minimum Gasteiger partial charge on any atom is -0.384 e. The predicted molar refractivity (Wildman–Crippen MR) is 80.6 cm³/mol. The molecule has 0 aromatic heterocycles. The number of halogens is 1. The van der Waals surface area contributed by atoms with E-state index in [-0.39, 0.29) is 5.54 Å². The van der Waals surface area contributed by atoms with E-state index in [1.807, 2.05) is 12.1 Å². The summed E-state index contributed by atoms with van der Waals surface area (Å²) in [5.41, 5.74) is 1.27. The third kappa shape index (κ3) is 5.61. The van der Waals surface area contributed by atoms with Crippen LogP contribution < -0.4 is 5.32 Å². The van der Waals surface area contributed by atoms with Gasteiger partial charge in [0.25, 0.3) is 0 Å². The zero-order valence-corrected chi connectivity index (χ0v) is 13.1. The fourth-order valence-electron chi connectivity index (χ4n) is 1.43. The van der Waals surface area contributed by atoms with Crippen LogP contribution in [0.1, 0.15) is 26.3 Å². The van der Waals surface area contributed by atoms with Crippen molar-refractivity contribution >= 4 is 23.4 Å². The molecule has 0 aliphatic rings. The third-order valence-corrected chi connectivity index (χ3v) is 3.83. The summed E-state index contributed by atoms with van der Waals surface area (Å²) < 4.78 is 5.08. The number of nitrogens with one attached hydrogen (secondary N) is 1. The van der Waals surface area contributed by atoms with Crippen molar-refractivity contribution in [3.8, 4) is 0 Å². The number of thioether (sulfide) groups is 1. The molecule has 0 saturated heterocycles. The third-order valence-electron chi connectivity index (χ3n) is 2.42. The summed E-state index contributed by atoms with van der Waals surface area (Å²) in [7, 11) is 1.72. The summed E-state index contributed by atoms with van der Waals surface area (Å²) in [5, 5.41) is 4.31. The van der Waals surface area contributed by atoms with Crippen molar-refractivity contribution in [2.45, 2.75) is 37.8 Å². The van der Waals surface area contributed by atoms with Gasteiger partial charge >= 0.3 is 0 Å². The molecule has 0 radical (unpaired) electrons. The average molecular weight is 288 g/mol. The van der Waals surface area contributed by atoms with Crippen LogP contribution in [0.3, 0.4) is 0 Å². The van der Waals surface area contributed by atoms with Crippen LogP contribution in [-0.2, 0) is 11.3 Å². The summed E-state index contributed by atoms with van der Waals surface area (Å²) in [6.45, 7) is 8.01. The number of benzene rings is 1. The molecule has 0 aliphatic carbocycles. The number of methoxy groups -OCH3 is 1. The molecule has 1 aromatic carbocycles. The van der Waals surface area contributed by atoms with Gasteiger partial charge in [0.2, 0.25) is 0 Å². The van der Waals surface area contributed by atoms with Gasteiger partial charge in [-0.3, -0.25) is 0 Å². The van der Waals surface area contributed by atoms with Crippen molar-refractivity contribution in [3.63, 3.8) is 0 Å². The van der Waals surface area contributed by atoms with E-state index in [0.29, 0.717) is 0 Å². The quantitative estimate of drug-likeness (QED) is 0.632. The molecule has 1 N–H and O–H groups in total. The van der Waals surface area contributed by atoms with Crippen molar-refractivity contribution in [1.29, 1.82) is 0 Å². The van der Waals surface area contributed by atoms with Gasteiger partial charge in [-0.15, -0.1) is 11.8 Å². The van der Waals surface area contributed by atoms with Gasteiger partial charge in [-0.2, -0.15) is 0 Å². The molecule has 0 saturated carbocycles. The van der Waals surface area contributed by atoms with Crippen LogP contribution in [0.4, 0.5) is 0 Å². The average Bonchev–Trinajstić information content (AvgIpc) is 2.27. The lowest BCUT2D eigenvalue weighted by Crippen LogP contribution is -2.35. The van der Waals surface area contributed by atoms with Crippen LogP contribution in [-0.4, -0.2) is 25.0 Å². The minimum absolute atomic E-state index is 0.0909. The number of hydrogen-bond donors (Lipinski definition) is 1. The lowest BCUT2D eigenvalue weighted by atomic mass is 10.1. The fourth-order valence-corrected chi connectivity index (χ4v) is 2.73. The van der Waals surface area contributed by atoms with Crippen molar-refractivity contribution in [2.24, 2.45) is 0 Å². The second-order valence-corrected chi connectivity index (χ2v) is 6.71. The number of hydrogen-bond acceptors (Lipinski definition) is 3. The van der Waals surface area contributed by atoms with Crippen molar-refractivity contribution in [2.75, 3.05) is 19.5 Å². The second-order valence-electron chi connectivity index (χ2n) is 5.16. The Hall–Kier alpha value is -0.220. The van der Waals surface area contributed by atoms with Gasteiger partial charge in [0.1, 0.15) is 0 Å². The maximum Gasteiger partial charge on any atom is 0.0556 e. The summed E-state index contributed by atoms with van der Waals surface area (Å²) in [6.07, 6.45) is 0. The van der Waals surface area contributed by atoms with Gasteiger partial charge in [-0.05, 0) is 38.5 Å².